The van der Waals surface area contributed by atoms with Gasteiger partial charge in [0.05, 0.1) is 12.5 Å². The van der Waals surface area contributed by atoms with Crippen molar-refractivity contribution in [1.29, 1.82) is 0 Å². The predicted octanol–water partition coefficient (Wildman–Crippen LogP) is -4.48. The van der Waals surface area contributed by atoms with E-state index >= 15 is 0 Å². The third-order valence-corrected chi connectivity index (χ3v) is 5.54. The quantitative estimate of drug-likeness (QED) is 0.263. The molecular weight excluding hydrogens is 326 g/mol. The molecule has 1 saturated carbocycles. The molecule has 9 atom stereocenters. The van der Waals surface area contributed by atoms with Crippen LogP contribution in [0, 0.1) is 5.92 Å². The fraction of sp³-hybridized carbons (Fsp3) is 0.923. The summed E-state index contributed by atoms with van der Waals surface area (Å²) in [6, 6.07) is 0. The highest BCUT2D eigenvalue weighted by Gasteiger charge is 2.83. The molecule has 3 saturated heterocycles. The lowest BCUT2D eigenvalue weighted by Gasteiger charge is -2.71. The first-order valence-electron chi connectivity index (χ1n) is 7.75. The van der Waals surface area contributed by atoms with Crippen molar-refractivity contribution in [2.24, 2.45) is 16.6 Å². The number of rotatable bonds is 3. The SMILES string of the molecule is CCO[C@H]1N=C(N)N[C@]23[C@@H]1[C@H]1O[C@](O)(O[C@@H]([C@H]2O)[C@]1(O)CO)[C@H]3O. The minimum Gasteiger partial charge on any atom is -0.393 e. The Kier molecular flexibility index (Phi) is 3.26. The third-order valence-electron chi connectivity index (χ3n) is 5.54. The lowest BCUT2D eigenvalue weighted by Crippen LogP contribution is -2.95. The first kappa shape index (κ1) is 16.4. The minimum absolute atomic E-state index is 0.0964. The van der Waals surface area contributed by atoms with Crippen LogP contribution in [0.15, 0.2) is 4.99 Å². The maximum atomic E-state index is 10.8. The van der Waals surface area contributed by atoms with E-state index in [9.17, 15) is 25.5 Å². The molecular formula is C13H21N3O8. The largest absolute Gasteiger partial charge is 0.393 e. The standard InChI is InChI=1S/C13H21N3O8/c1-2-22-8-4-6-11(20,3-17)7-5(18)12(4,16-10(14)15-8)9(19)13(21,23-6)24-7/h4-9,17-21H,2-3H2,1H3,(H3,14,15,16)/t4-,5-,6-,7+,8-,9+,11+,12-,13+/m1/s1. The maximum Gasteiger partial charge on any atom is 0.311 e. The van der Waals surface area contributed by atoms with Crippen LogP contribution in [0.25, 0.3) is 0 Å². The average Bonchev–Trinajstić information content (AvgIpc) is 2.53. The van der Waals surface area contributed by atoms with E-state index in [-0.39, 0.29) is 12.6 Å². The van der Waals surface area contributed by atoms with E-state index in [0.29, 0.717) is 0 Å². The van der Waals surface area contributed by atoms with Gasteiger partial charge >= 0.3 is 5.97 Å². The molecule has 8 N–H and O–H groups in total. The summed E-state index contributed by atoms with van der Waals surface area (Å²) < 4.78 is 16.1. The van der Waals surface area contributed by atoms with E-state index in [2.05, 4.69) is 10.3 Å². The number of guanidine groups is 1. The summed E-state index contributed by atoms with van der Waals surface area (Å²) in [4.78, 5) is 4.11. The van der Waals surface area contributed by atoms with Gasteiger partial charge in [0.1, 0.15) is 29.5 Å². The van der Waals surface area contributed by atoms with Crippen LogP contribution in [0.1, 0.15) is 6.92 Å². The molecule has 4 aliphatic heterocycles. The van der Waals surface area contributed by atoms with Gasteiger partial charge in [-0.3, -0.25) is 0 Å². The summed E-state index contributed by atoms with van der Waals surface area (Å²) in [7, 11) is 0. The Labute approximate surface area is 136 Å². The van der Waals surface area contributed by atoms with Crippen LogP contribution in [0.2, 0.25) is 0 Å². The molecule has 0 aromatic heterocycles. The molecule has 4 fully saturated rings. The Balaban J connectivity index is 1.91. The number of aliphatic imine (C=N–C) groups is 1. The highest BCUT2D eigenvalue weighted by Crippen LogP contribution is 2.58. The zero-order valence-corrected chi connectivity index (χ0v) is 12.9. The van der Waals surface area contributed by atoms with E-state index in [1.54, 1.807) is 6.92 Å². The van der Waals surface area contributed by atoms with Gasteiger partial charge in [-0.25, -0.2) is 4.99 Å². The molecule has 0 amide bonds. The third kappa shape index (κ3) is 1.61. The van der Waals surface area contributed by atoms with Crippen LogP contribution >= 0.6 is 0 Å². The molecule has 1 aliphatic carbocycles. The molecule has 11 nitrogen and oxygen atoms in total. The molecule has 0 aromatic rings. The Morgan fingerprint density at radius 2 is 1.96 bits per heavy atom. The number of ether oxygens (including phenoxy) is 3. The second-order valence-electron chi connectivity index (χ2n) is 6.65. The average molecular weight is 347 g/mol. The van der Waals surface area contributed by atoms with Gasteiger partial charge < -0.3 is 50.8 Å². The Morgan fingerprint density at radius 3 is 2.58 bits per heavy atom. The van der Waals surface area contributed by atoms with Crippen LogP contribution in [0.5, 0.6) is 0 Å². The van der Waals surface area contributed by atoms with E-state index in [4.69, 9.17) is 19.9 Å². The maximum absolute atomic E-state index is 10.8. The fourth-order valence-electron chi connectivity index (χ4n) is 4.53. The van der Waals surface area contributed by atoms with Gasteiger partial charge in [-0.2, -0.15) is 0 Å². The molecule has 0 radical (unpaired) electrons. The number of aliphatic hydroxyl groups is 5. The first-order valence-corrected chi connectivity index (χ1v) is 7.75. The second kappa shape index (κ2) is 4.77. The lowest BCUT2D eigenvalue weighted by atomic mass is 9.55. The van der Waals surface area contributed by atoms with Crippen LogP contribution in [-0.2, 0) is 14.2 Å². The molecule has 0 aromatic carbocycles. The van der Waals surface area contributed by atoms with Crippen molar-refractivity contribution >= 4 is 5.96 Å². The van der Waals surface area contributed by atoms with Crippen molar-refractivity contribution in [1.82, 2.24) is 5.32 Å². The van der Waals surface area contributed by atoms with E-state index in [1.165, 1.54) is 0 Å². The summed E-state index contributed by atoms with van der Waals surface area (Å²) in [5, 5.41) is 55.2. The van der Waals surface area contributed by atoms with Gasteiger partial charge in [-0.05, 0) is 6.92 Å². The highest BCUT2D eigenvalue weighted by molar-refractivity contribution is 5.80. The molecule has 24 heavy (non-hydrogen) atoms. The Hall–Kier alpha value is -1.05. The number of nitrogens with one attached hydrogen (secondary N) is 1. The number of hydrogen-bond acceptors (Lipinski definition) is 11. The lowest BCUT2D eigenvalue weighted by molar-refractivity contribution is -0.548. The second-order valence-corrected chi connectivity index (χ2v) is 6.65. The summed E-state index contributed by atoms with van der Waals surface area (Å²) in [5.74, 6) is -3.50. The van der Waals surface area contributed by atoms with Gasteiger partial charge in [0.25, 0.3) is 0 Å². The number of nitrogens with two attached hydrogens (primary N) is 1. The molecule has 136 valence electrons. The fourth-order valence-corrected chi connectivity index (χ4v) is 4.53. The van der Waals surface area contributed by atoms with Crippen molar-refractivity contribution in [2.45, 2.75) is 54.7 Å². The molecule has 11 heteroatoms. The number of hydrogen-bond donors (Lipinski definition) is 7. The monoisotopic (exact) mass is 347 g/mol. The van der Waals surface area contributed by atoms with Gasteiger partial charge in [0.15, 0.2) is 18.3 Å². The van der Waals surface area contributed by atoms with Crippen LogP contribution in [-0.4, -0.2) is 92.5 Å². The van der Waals surface area contributed by atoms with Crippen LogP contribution in [0.4, 0.5) is 0 Å². The van der Waals surface area contributed by atoms with Crippen molar-refractivity contribution < 1.29 is 39.7 Å². The molecule has 4 heterocycles. The molecule has 5 aliphatic rings. The van der Waals surface area contributed by atoms with Crippen molar-refractivity contribution in [3.05, 3.63) is 0 Å². The molecule has 4 bridgehead atoms. The smallest absolute Gasteiger partial charge is 0.311 e. The van der Waals surface area contributed by atoms with Gasteiger partial charge in [-0.15, -0.1) is 0 Å². The zero-order valence-electron chi connectivity index (χ0n) is 12.9. The summed E-state index contributed by atoms with van der Waals surface area (Å²) >= 11 is 0. The van der Waals surface area contributed by atoms with Gasteiger partial charge in [-0.1, -0.05) is 0 Å². The summed E-state index contributed by atoms with van der Waals surface area (Å²) in [6.45, 7) is 1.17. The van der Waals surface area contributed by atoms with Crippen molar-refractivity contribution in [2.75, 3.05) is 13.2 Å². The molecule has 1 spiro atoms. The normalized spacial score (nSPS) is 58.2. The van der Waals surface area contributed by atoms with Gasteiger partial charge in [0, 0.05) is 6.61 Å². The Bertz CT molecular complexity index is 592. The first-order chi connectivity index (χ1) is 11.2. The van der Waals surface area contributed by atoms with E-state index < -0.39 is 60.3 Å². The molecule has 5 rings (SSSR count). The number of nitrogens with zero attached hydrogens (tertiary/aromatic N) is 1. The van der Waals surface area contributed by atoms with Gasteiger partial charge in [0.2, 0.25) is 0 Å². The highest BCUT2D eigenvalue weighted by atomic mass is 16.9. The number of aliphatic hydroxyl groups excluding tert-OH is 3. The summed E-state index contributed by atoms with van der Waals surface area (Å²) in [5.41, 5.74) is 2.15. The van der Waals surface area contributed by atoms with Crippen molar-refractivity contribution in [3.63, 3.8) is 0 Å². The summed E-state index contributed by atoms with van der Waals surface area (Å²) in [6.07, 6.45) is -6.86. The van der Waals surface area contributed by atoms with Crippen LogP contribution in [0.3, 0.4) is 0 Å². The molecule has 0 unspecified atom stereocenters. The Morgan fingerprint density at radius 1 is 1.29 bits per heavy atom. The van der Waals surface area contributed by atoms with Crippen molar-refractivity contribution in [3.8, 4) is 0 Å². The topological polar surface area (TPSA) is 179 Å². The minimum atomic E-state index is -2.46. The van der Waals surface area contributed by atoms with Crippen LogP contribution < -0.4 is 11.1 Å². The zero-order chi connectivity index (χ0) is 17.5. The van der Waals surface area contributed by atoms with E-state index in [0.717, 1.165) is 0 Å². The predicted molar refractivity (Wildman–Crippen MR) is 75.1 cm³/mol. The van der Waals surface area contributed by atoms with E-state index in [1.807, 2.05) is 0 Å².